The molecule has 0 aliphatic rings. The largest absolute Gasteiger partial charge is 0.496 e. The van der Waals surface area contributed by atoms with Crippen molar-refractivity contribution in [3.63, 3.8) is 0 Å². The van der Waals surface area contributed by atoms with Crippen molar-refractivity contribution in [1.29, 1.82) is 0 Å². The number of terminal acetylenes is 1. The van der Waals surface area contributed by atoms with E-state index in [1.165, 1.54) is 0 Å². The molecule has 0 heterocycles. The van der Waals surface area contributed by atoms with Gasteiger partial charge in [0.25, 0.3) is 0 Å². The van der Waals surface area contributed by atoms with Crippen LogP contribution in [0.25, 0.3) is 0 Å². The van der Waals surface area contributed by atoms with E-state index in [-0.39, 0.29) is 6.61 Å². The third kappa shape index (κ3) is 2.75. The zero-order valence-electron chi connectivity index (χ0n) is 8.74. The normalized spacial score (nSPS) is 9.13. The van der Waals surface area contributed by atoms with Gasteiger partial charge in [0.15, 0.2) is 6.61 Å². The van der Waals surface area contributed by atoms with Crippen molar-refractivity contribution in [2.24, 2.45) is 0 Å². The minimum atomic E-state index is -0.439. The van der Waals surface area contributed by atoms with Gasteiger partial charge in [0.05, 0.1) is 12.7 Å². The molecule has 0 aliphatic carbocycles. The topological polar surface area (TPSA) is 35.5 Å². The molecule has 0 bridgehead atoms. The van der Waals surface area contributed by atoms with Crippen LogP contribution < -0.4 is 4.74 Å². The van der Waals surface area contributed by atoms with Gasteiger partial charge in [0.2, 0.25) is 0 Å². The van der Waals surface area contributed by atoms with E-state index < -0.39 is 5.97 Å². The molecular weight excluding hydrogens is 192 g/mol. The number of hydrogen-bond donors (Lipinski definition) is 0. The number of ether oxygens (including phenoxy) is 2. The van der Waals surface area contributed by atoms with Crippen LogP contribution in [-0.4, -0.2) is 19.7 Å². The fraction of sp³-hybridized carbons (Fsp3) is 0.250. The molecule has 0 unspecified atom stereocenters. The third-order valence-corrected chi connectivity index (χ3v) is 1.93. The van der Waals surface area contributed by atoms with Crippen LogP contribution in [0, 0.1) is 19.3 Å². The van der Waals surface area contributed by atoms with Crippen molar-refractivity contribution < 1.29 is 14.3 Å². The maximum atomic E-state index is 11.4. The zero-order chi connectivity index (χ0) is 11.3. The number of rotatable bonds is 3. The number of benzene rings is 1. The van der Waals surface area contributed by atoms with Gasteiger partial charge in [0.1, 0.15) is 5.75 Å². The highest BCUT2D eigenvalue weighted by molar-refractivity contribution is 5.90. The molecule has 0 saturated carbocycles. The summed E-state index contributed by atoms with van der Waals surface area (Å²) in [6, 6.07) is 5.11. The predicted molar refractivity (Wildman–Crippen MR) is 56.8 cm³/mol. The van der Waals surface area contributed by atoms with Gasteiger partial charge in [-0.3, -0.25) is 0 Å². The summed E-state index contributed by atoms with van der Waals surface area (Å²) >= 11 is 0. The summed E-state index contributed by atoms with van der Waals surface area (Å²) in [5.74, 6) is 2.45. The first-order valence-corrected chi connectivity index (χ1v) is 4.44. The standard InChI is InChI=1S/C12H12O3/c1-4-7-15-12(13)10-6-5-9(2)11(8-10)14-3/h1,5-6,8H,7H2,2-3H3. The smallest absolute Gasteiger partial charge is 0.339 e. The molecule has 1 rings (SSSR count). The van der Waals surface area contributed by atoms with Gasteiger partial charge in [-0.25, -0.2) is 4.79 Å². The SMILES string of the molecule is C#CCOC(=O)c1ccc(C)c(OC)c1. The average molecular weight is 204 g/mol. The van der Waals surface area contributed by atoms with Crippen LogP contribution in [0.4, 0.5) is 0 Å². The maximum Gasteiger partial charge on any atom is 0.339 e. The molecule has 3 heteroatoms. The van der Waals surface area contributed by atoms with Gasteiger partial charge in [-0.05, 0) is 24.6 Å². The number of hydrogen-bond acceptors (Lipinski definition) is 3. The number of esters is 1. The van der Waals surface area contributed by atoms with E-state index in [1.807, 2.05) is 6.92 Å². The Balaban J connectivity index is 2.87. The lowest BCUT2D eigenvalue weighted by atomic mass is 10.1. The van der Waals surface area contributed by atoms with Crippen molar-refractivity contribution in [3.8, 4) is 18.1 Å². The number of carbonyl (C=O) groups excluding carboxylic acids is 1. The Morgan fingerprint density at radius 2 is 2.27 bits per heavy atom. The van der Waals surface area contributed by atoms with Crippen molar-refractivity contribution in [3.05, 3.63) is 29.3 Å². The Kier molecular flexibility index (Phi) is 3.75. The highest BCUT2D eigenvalue weighted by atomic mass is 16.5. The number of methoxy groups -OCH3 is 1. The molecule has 0 amide bonds. The molecule has 78 valence electrons. The zero-order valence-corrected chi connectivity index (χ0v) is 8.74. The van der Waals surface area contributed by atoms with Gasteiger partial charge in [-0.15, -0.1) is 6.42 Å². The molecule has 0 spiro atoms. The Morgan fingerprint density at radius 1 is 1.53 bits per heavy atom. The van der Waals surface area contributed by atoms with E-state index in [1.54, 1.807) is 25.3 Å². The van der Waals surface area contributed by atoms with E-state index >= 15 is 0 Å². The number of carbonyl (C=O) groups is 1. The van der Waals surface area contributed by atoms with Gasteiger partial charge in [-0.2, -0.15) is 0 Å². The lowest BCUT2D eigenvalue weighted by Gasteiger charge is -2.06. The molecule has 3 nitrogen and oxygen atoms in total. The van der Waals surface area contributed by atoms with Crippen molar-refractivity contribution in [2.45, 2.75) is 6.92 Å². The third-order valence-electron chi connectivity index (χ3n) is 1.93. The van der Waals surface area contributed by atoms with Gasteiger partial charge < -0.3 is 9.47 Å². The predicted octanol–water partition coefficient (Wildman–Crippen LogP) is 1.79. The first kappa shape index (κ1) is 11.1. The van der Waals surface area contributed by atoms with Gasteiger partial charge in [-0.1, -0.05) is 12.0 Å². The summed E-state index contributed by atoms with van der Waals surface area (Å²) in [7, 11) is 1.55. The van der Waals surface area contributed by atoms with Crippen LogP contribution >= 0.6 is 0 Å². The quantitative estimate of drug-likeness (QED) is 0.556. The summed E-state index contributed by atoms with van der Waals surface area (Å²) in [6.45, 7) is 1.88. The Bertz CT molecular complexity index is 402. The number of aryl methyl sites for hydroxylation is 1. The molecule has 1 aromatic carbocycles. The maximum absolute atomic E-state index is 11.4. The van der Waals surface area contributed by atoms with Crippen molar-refractivity contribution >= 4 is 5.97 Å². The molecule has 1 aromatic rings. The Morgan fingerprint density at radius 3 is 2.87 bits per heavy atom. The summed E-state index contributed by atoms with van der Waals surface area (Å²) in [5.41, 5.74) is 1.40. The minimum Gasteiger partial charge on any atom is -0.496 e. The molecule has 0 atom stereocenters. The summed E-state index contributed by atoms with van der Waals surface area (Å²) in [6.07, 6.45) is 4.98. The molecule has 15 heavy (non-hydrogen) atoms. The van der Waals surface area contributed by atoms with Gasteiger partial charge in [0, 0.05) is 0 Å². The second-order valence-corrected chi connectivity index (χ2v) is 2.96. The highest BCUT2D eigenvalue weighted by Crippen LogP contribution is 2.19. The van der Waals surface area contributed by atoms with E-state index in [2.05, 4.69) is 5.92 Å². The van der Waals surface area contributed by atoms with E-state index in [0.29, 0.717) is 11.3 Å². The van der Waals surface area contributed by atoms with E-state index in [4.69, 9.17) is 15.9 Å². The van der Waals surface area contributed by atoms with Crippen molar-refractivity contribution in [1.82, 2.24) is 0 Å². The molecule has 0 fully saturated rings. The van der Waals surface area contributed by atoms with Crippen LogP contribution in [0.5, 0.6) is 5.75 Å². The van der Waals surface area contributed by atoms with Crippen LogP contribution in [-0.2, 0) is 4.74 Å². The molecule has 0 N–H and O–H groups in total. The van der Waals surface area contributed by atoms with E-state index in [9.17, 15) is 4.79 Å². The molecule has 0 aromatic heterocycles. The second-order valence-electron chi connectivity index (χ2n) is 2.96. The van der Waals surface area contributed by atoms with Crippen molar-refractivity contribution in [2.75, 3.05) is 13.7 Å². The molecular formula is C12H12O3. The monoisotopic (exact) mass is 204 g/mol. The highest BCUT2D eigenvalue weighted by Gasteiger charge is 2.08. The molecule has 0 saturated heterocycles. The first-order chi connectivity index (χ1) is 7.19. The summed E-state index contributed by atoms with van der Waals surface area (Å²) in [4.78, 5) is 11.4. The lowest BCUT2D eigenvalue weighted by molar-refractivity contribution is 0.0556. The van der Waals surface area contributed by atoms with Crippen LogP contribution in [0.3, 0.4) is 0 Å². The van der Waals surface area contributed by atoms with Crippen LogP contribution in [0.1, 0.15) is 15.9 Å². The lowest BCUT2D eigenvalue weighted by Crippen LogP contribution is -2.05. The molecule has 0 aliphatic heterocycles. The fourth-order valence-electron chi connectivity index (χ4n) is 1.14. The first-order valence-electron chi connectivity index (χ1n) is 4.44. The minimum absolute atomic E-state index is 0.0188. The Labute approximate surface area is 89.0 Å². The van der Waals surface area contributed by atoms with Crippen LogP contribution in [0.2, 0.25) is 0 Å². The molecule has 0 radical (unpaired) electrons. The summed E-state index contributed by atoms with van der Waals surface area (Å²) in [5, 5.41) is 0. The fourth-order valence-corrected chi connectivity index (χ4v) is 1.14. The van der Waals surface area contributed by atoms with E-state index in [0.717, 1.165) is 5.56 Å². The van der Waals surface area contributed by atoms with Gasteiger partial charge >= 0.3 is 5.97 Å². The summed E-state index contributed by atoms with van der Waals surface area (Å²) < 4.78 is 9.88. The average Bonchev–Trinajstić information content (AvgIpc) is 2.26. The Hall–Kier alpha value is -1.95. The van der Waals surface area contributed by atoms with Crippen LogP contribution in [0.15, 0.2) is 18.2 Å². The second kappa shape index (κ2) is 5.06.